The number of thiophene rings is 1. The summed E-state index contributed by atoms with van der Waals surface area (Å²) in [6.07, 6.45) is 7.62. The molecule has 0 spiro atoms. The van der Waals surface area contributed by atoms with Gasteiger partial charge >= 0.3 is 0 Å². The Hall–Kier alpha value is -1.86. The molecule has 0 N–H and O–H groups in total. The van der Waals surface area contributed by atoms with Gasteiger partial charge < -0.3 is 4.42 Å². The summed E-state index contributed by atoms with van der Waals surface area (Å²) in [6.45, 7) is 4.05. The zero-order valence-electron chi connectivity index (χ0n) is 15.6. The molecule has 0 aliphatic heterocycles. The van der Waals surface area contributed by atoms with Crippen molar-refractivity contribution in [1.82, 2.24) is 14.8 Å². The van der Waals surface area contributed by atoms with E-state index in [0.717, 1.165) is 40.0 Å². The second kappa shape index (κ2) is 8.02. The highest BCUT2D eigenvalue weighted by Crippen LogP contribution is 2.36. The minimum Gasteiger partial charge on any atom is -0.461 e. The van der Waals surface area contributed by atoms with Gasteiger partial charge in [0.15, 0.2) is 16.7 Å². The van der Waals surface area contributed by atoms with Gasteiger partial charge in [0.25, 0.3) is 0 Å². The molecule has 0 bridgehead atoms. The quantitative estimate of drug-likeness (QED) is 0.392. The Bertz CT molecular complexity index is 921. The molecule has 0 atom stereocenters. The number of aryl methyl sites for hydroxylation is 2. The van der Waals surface area contributed by atoms with E-state index < -0.39 is 0 Å². The molecule has 4 rings (SSSR count). The number of carbonyl (C=O) groups is 1. The molecule has 3 heterocycles. The van der Waals surface area contributed by atoms with Crippen LogP contribution in [0.1, 0.15) is 58.3 Å². The fourth-order valence-electron chi connectivity index (χ4n) is 3.73. The first kappa shape index (κ1) is 18.5. The van der Waals surface area contributed by atoms with Crippen molar-refractivity contribution in [3.8, 4) is 11.6 Å². The molecule has 27 heavy (non-hydrogen) atoms. The van der Waals surface area contributed by atoms with Crippen molar-refractivity contribution in [2.24, 2.45) is 0 Å². The number of hydrogen-bond donors (Lipinski definition) is 0. The third kappa shape index (κ3) is 3.89. The van der Waals surface area contributed by atoms with Crippen LogP contribution in [0.5, 0.6) is 0 Å². The highest BCUT2D eigenvalue weighted by molar-refractivity contribution is 7.99. The summed E-state index contributed by atoms with van der Waals surface area (Å²) in [5.74, 6) is 2.03. The monoisotopic (exact) mass is 401 g/mol. The largest absolute Gasteiger partial charge is 0.461 e. The van der Waals surface area contributed by atoms with Crippen molar-refractivity contribution < 1.29 is 9.21 Å². The average Bonchev–Trinajstić information content (AvgIpc) is 3.39. The predicted octanol–water partition coefficient (Wildman–Crippen LogP) is 5.70. The van der Waals surface area contributed by atoms with E-state index in [2.05, 4.69) is 14.8 Å². The van der Waals surface area contributed by atoms with E-state index in [0.29, 0.717) is 11.8 Å². The number of nitrogens with zero attached hydrogens (tertiary/aromatic N) is 3. The van der Waals surface area contributed by atoms with Crippen molar-refractivity contribution in [2.75, 3.05) is 5.75 Å². The second-order valence-electron chi connectivity index (χ2n) is 6.98. The number of furan rings is 1. The number of thioether (sulfide) groups is 1. The summed E-state index contributed by atoms with van der Waals surface area (Å²) in [4.78, 5) is 14.9. The van der Waals surface area contributed by atoms with Crippen LogP contribution in [-0.2, 0) is 0 Å². The van der Waals surface area contributed by atoms with E-state index in [4.69, 9.17) is 4.42 Å². The molecule has 0 aromatic carbocycles. The molecule has 1 saturated carbocycles. The summed E-state index contributed by atoms with van der Waals surface area (Å²) in [5.41, 5.74) is 0.833. The van der Waals surface area contributed by atoms with Crippen LogP contribution in [-0.4, -0.2) is 26.3 Å². The van der Waals surface area contributed by atoms with Gasteiger partial charge in [0.2, 0.25) is 5.82 Å². The fourth-order valence-corrected chi connectivity index (χ4v) is 5.56. The van der Waals surface area contributed by atoms with Crippen molar-refractivity contribution in [2.45, 2.75) is 57.1 Å². The Morgan fingerprint density at radius 3 is 2.78 bits per heavy atom. The lowest BCUT2D eigenvalue weighted by atomic mass is 9.95. The Kier molecular flexibility index (Phi) is 5.50. The highest BCUT2D eigenvalue weighted by Gasteiger charge is 2.25. The van der Waals surface area contributed by atoms with E-state index in [1.165, 1.54) is 35.9 Å². The summed E-state index contributed by atoms with van der Waals surface area (Å²) in [5, 5.41) is 9.61. The number of aromatic nitrogens is 3. The van der Waals surface area contributed by atoms with Crippen LogP contribution in [0.2, 0.25) is 0 Å². The van der Waals surface area contributed by atoms with E-state index >= 15 is 0 Å². The molecule has 0 radical (unpaired) electrons. The smallest absolute Gasteiger partial charge is 0.200 e. The lowest BCUT2D eigenvalue weighted by Crippen LogP contribution is -2.15. The fraction of sp³-hybridized carbons (Fsp3) is 0.450. The molecule has 0 amide bonds. The minimum atomic E-state index is 0.152. The van der Waals surface area contributed by atoms with Crippen LogP contribution < -0.4 is 0 Å². The number of carbonyl (C=O) groups excluding carboxylic acids is 1. The van der Waals surface area contributed by atoms with E-state index in [1.54, 1.807) is 17.6 Å². The molecular weight excluding hydrogens is 378 g/mol. The van der Waals surface area contributed by atoms with Gasteiger partial charge in [-0.3, -0.25) is 9.36 Å². The van der Waals surface area contributed by atoms with Gasteiger partial charge in [-0.05, 0) is 44.9 Å². The topological polar surface area (TPSA) is 60.9 Å². The van der Waals surface area contributed by atoms with Crippen LogP contribution in [0.15, 0.2) is 34.0 Å². The number of Topliss-reactive ketones (excluding diaryl/α,β-unsaturated/α-hetero) is 1. The van der Waals surface area contributed by atoms with Gasteiger partial charge in [-0.1, -0.05) is 31.0 Å². The van der Waals surface area contributed by atoms with Crippen molar-refractivity contribution in [3.63, 3.8) is 0 Å². The van der Waals surface area contributed by atoms with Gasteiger partial charge in [0.1, 0.15) is 0 Å². The highest BCUT2D eigenvalue weighted by atomic mass is 32.2. The molecule has 1 aliphatic rings. The molecular formula is C20H23N3O2S2. The van der Waals surface area contributed by atoms with Crippen LogP contribution in [0.4, 0.5) is 0 Å². The van der Waals surface area contributed by atoms with Gasteiger partial charge in [0, 0.05) is 21.4 Å². The maximum atomic E-state index is 12.7. The zero-order chi connectivity index (χ0) is 18.8. The molecule has 0 saturated heterocycles. The van der Waals surface area contributed by atoms with Gasteiger partial charge in [-0.2, -0.15) is 0 Å². The van der Waals surface area contributed by atoms with Gasteiger partial charge in [-0.25, -0.2) is 0 Å². The first-order valence-electron chi connectivity index (χ1n) is 9.35. The molecule has 5 nitrogen and oxygen atoms in total. The summed E-state index contributed by atoms with van der Waals surface area (Å²) in [7, 11) is 0. The Morgan fingerprint density at radius 2 is 2.11 bits per heavy atom. The van der Waals surface area contributed by atoms with E-state index in [9.17, 15) is 4.79 Å². The molecule has 0 unspecified atom stereocenters. The van der Waals surface area contributed by atoms with Gasteiger partial charge in [-0.15, -0.1) is 21.5 Å². The van der Waals surface area contributed by atoms with Crippen molar-refractivity contribution >= 4 is 28.9 Å². The van der Waals surface area contributed by atoms with E-state index in [-0.39, 0.29) is 5.78 Å². The SMILES string of the molecule is Cc1cc(C(=O)CSc2nnc(-c3ccco3)n2C2CCCCC2)c(C)s1. The summed E-state index contributed by atoms with van der Waals surface area (Å²) < 4.78 is 7.78. The van der Waals surface area contributed by atoms with Gasteiger partial charge in [0.05, 0.1) is 12.0 Å². The van der Waals surface area contributed by atoms with E-state index in [1.807, 2.05) is 32.0 Å². The predicted molar refractivity (Wildman–Crippen MR) is 109 cm³/mol. The molecule has 3 aromatic rings. The number of hydrogen-bond acceptors (Lipinski definition) is 6. The third-order valence-electron chi connectivity index (χ3n) is 5.02. The van der Waals surface area contributed by atoms with Crippen molar-refractivity contribution in [1.29, 1.82) is 0 Å². The third-order valence-corrected chi connectivity index (χ3v) is 6.93. The normalized spacial score (nSPS) is 15.3. The Balaban J connectivity index is 1.58. The molecule has 1 aliphatic carbocycles. The van der Waals surface area contributed by atoms with Crippen LogP contribution in [0, 0.1) is 13.8 Å². The average molecular weight is 402 g/mol. The summed E-state index contributed by atoms with van der Waals surface area (Å²) in [6, 6.07) is 6.15. The first-order valence-corrected chi connectivity index (χ1v) is 11.2. The Labute approximate surface area is 167 Å². The maximum absolute atomic E-state index is 12.7. The molecule has 3 aromatic heterocycles. The lowest BCUT2D eigenvalue weighted by Gasteiger charge is -2.25. The number of rotatable bonds is 6. The lowest BCUT2D eigenvalue weighted by molar-refractivity contribution is 0.102. The summed E-state index contributed by atoms with van der Waals surface area (Å²) >= 11 is 3.15. The van der Waals surface area contributed by atoms with Crippen LogP contribution in [0.3, 0.4) is 0 Å². The second-order valence-corrected chi connectivity index (χ2v) is 9.39. The molecule has 1 fully saturated rings. The number of ketones is 1. The minimum absolute atomic E-state index is 0.152. The first-order chi connectivity index (χ1) is 13.1. The maximum Gasteiger partial charge on any atom is 0.200 e. The standard InChI is InChI=1S/C20H23N3O2S2/c1-13-11-16(14(2)27-13)17(24)12-26-20-22-21-19(18-9-6-10-25-18)23(20)15-7-4-3-5-8-15/h6,9-11,15H,3-5,7-8,12H2,1-2H3. The van der Waals surface area contributed by atoms with Crippen LogP contribution in [0.25, 0.3) is 11.6 Å². The van der Waals surface area contributed by atoms with Crippen LogP contribution >= 0.6 is 23.1 Å². The molecule has 7 heteroatoms. The zero-order valence-corrected chi connectivity index (χ0v) is 17.2. The molecule has 142 valence electrons. The van der Waals surface area contributed by atoms with Crippen molar-refractivity contribution in [3.05, 3.63) is 39.8 Å². The Morgan fingerprint density at radius 1 is 1.30 bits per heavy atom.